The number of benzene rings is 2. The molecule has 6 nitrogen and oxygen atoms in total. The van der Waals surface area contributed by atoms with Crippen molar-refractivity contribution in [3.63, 3.8) is 0 Å². The van der Waals surface area contributed by atoms with Gasteiger partial charge in [0.1, 0.15) is 5.75 Å². The van der Waals surface area contributed by atoms with Gasteiger partial charge in [0.05, 0.1) is 0 Å². The molecule has 0 heterocycles. The average Bonchev–Trinajstić information content (AvgIpc) is 2.76. The molecular formula is C23H29N3O3S. The quantitative estimate of drug-likeness (QED) is 0.459. The standard InChI is InChI=1S/C23H29N3O3S/c1-5-16(4)18-10-12-20(13-11-18)29-14-21(27)25-26-23(30)24-22(28)19-8-6-17(7-9-19)15(2)3/h6-13,15-16H,5,14H2,1-4H3,(H,25,27)(H2,24,26,28,30). The van der Waals surface area contributed by atoms with Crippen LogP contribution in [0, 0.1) is 0 Å². The number of amides is 2. The summed E-state index contributed by atoms with van der Waals surface area (Å²) >= 11 is 5.05. The summed E-state index contributed by atoms with van der Waals surface area (Å²) < 4.78 is 5.47. The summed E-state index contributed by atoms with van der Waals surface area (Å²) in [5.74, 6) is 0.711. The third kappa shape index (κ3) is 7.15. The Hall–Kier alpha value is -2.93. The van der Waals surface area contributed by atoms with Gasteiger partial charge in [-0.3, -0.25) is 25.8 Å². The fraction of sp³-hybridized carbons (Fsp3) is 0.348. The molecule has 2 amide bonds. The van der Waals surface area contributed by atoms with Crippen molar-refractivity contribution < 1.29 is 14.3 Å². The molecule has 2 aromatic rings. The zero-order valence-electron chi connectivity index (χ0n) is 17.8. The predicted molar refractivity (Wildman–Crippen MR) is 123 cm³/mol. The van der Waals surface area contributed by atoms with Crippen LogP contribution >= 0.6 is 12.2 Å². The van der Waals surface area contributed by atoms with Gasteiger partial charge in [0, 0.05) is 5.56 Å². The van der Waals surface area contributed by atoms with Crippen LogP contribution in [0.5, 0.6) is 5.75 Å². The molecule has 30 heavy (non-hydrogen) atoms. The number of carbonyl (C=O) groups is 2. The predicted octanol–water partition coefficient (Wildman–Crippen LogP) is 4.04. The molecule has 0 radical (unpaired) electrons. The summed E-state index contributed by atoms with van der Waals surface area (Å²) in [6.45, 7) is 8.30. The maximum Gasteiger partial charge on any atom is 0.276 e. The molecule has 0 spiro atoms. The molecule has 0 aliphatic carbocycles. The Morgan fingerprint density at radius 3 is 2.10 bits per heavy atom. The molecule has 3 N–H and O–H groups in total. The summed E-state index contributed by atoms with van der Waals surface area (Å²) in [5, 5.41) is 2.52. The van der Waals surface area contributed by atoms with E-state index in [0.29, 0.717) is 23.1 Å². The Morgan fingerprint density at radius 1 is 0.933 bits per heavy atom. The Kier molecular flexibility index (Phi) is 8.80. The lowest BCUT2D eigenvalue weighted by atomic mass is 9.99. The lowest BCUT2D eigenvalue weighted by Crippen LogP contribution is -2.49. The highest BCUT2D eigenvalue weighted by Gasteiger charge is 2.10. The van der Waals surface area contributed by atoms with Crippen molar-refractivity contribution in [1.82, 2.24) is 16.2 Å². The van der Waals surface area contributed by atoms with E-state index in [1.807, 2.05) is 36.4 Å². The molecule has 0 fully saturated rings. The molecule has 0 saturated carbocycles. The highest BCUT2D eigenvalue weighted by atomic mass is 32.1. The van der Waals surface area contributed by atoms with Crippen LogP contribution in [0.15, 0.2) is 48.5 Å². The smallest absolute Gasteiger partial charge is 0.276 e. The summed E-state index contributed by atoms with van der Waals surface area (Å²) in [6, 6.07) is 15.0. The Balaban J connectivity index is 1.73. The van der Waals surface area contributed by atoms with Crippen molar-refractivity contribution >= 4 is 29.1 Å². The van der Waals surface area contributed by atoms with E-state index < -0.39 is 5.91 Å². The van der Waals surface area contributed by atoms with E-state index >= 15 is 0 Å². The van der Waals surface area contributed by atoms with Crippen LogP contribution in [0.1, 0.15) is 67.4 Å². The van der Waals surface area contributed by atoms with Gasteiger partial charge in [-0.05, 0) is 65.9 Å². The van der Waals surface area contributed by atoms with Gasteiger partial charge < -0.3 is 4.74 Å². The molecule has 0 bridgehead atoms. The van der Waals surface area contributed by atoms with Crippen molar-refractivity contribution in [2.75, 3.05) is 6.61 Å². The topological polar surface area (TPSA) is 79.5 Å². The zero-order chi connectivity index (χ0) is 22.1. The van der Waals surface area contributed by atoms with E-state index in [2.05, 4.69) is 43.9 Å². The van der Waals surface area contributed by atoms with Crippen LogP contribution in [0.2, 0.25) is 0 Å². The minimum Gasteiger partial charge on any atom is -0.484 e. The van der Waals surface area contributed by atoms with Gasteiger partial charge in [-0.2, -0.15) is 0 Å². The zero-order valence-corrected chi connectivity index (χ0v) is 18.6. The average molecular weight is 428 g/mol. The maximum absolute atomic E-state index is 12.2. The van der Waals surface area contributed by atoms with Crippen molar-refractivity contribution in [2.24, 2.45) is 0 Å². The van der Waals surface area contributed by atoms with Gasteiger partial charge in [0.15, 0.2) is 11.7 Å². The van der Waals surface area contributed by atoms with E-state index in [1.165, 1.54) is 5.56 Å². The van der Waals surface area contributed by atoms with Crippen LogP contribution in [0.25, 0.3) is 0 Å². The molecule has 2 rings (SSSR count). The van der Waals surface area contributed by atoms with Crippen LogP contribution < -0.4 is 20.9 Å². The number of hydrogen-bond acceptors (Lipinski definition) is 4. The monoisotopic (exact) mass is 427 g/mol. The van der Waals surface area contributed by atoms with Crippen LogP contribution in [-0.2, 0) is 4.79 Å². The van der Waals surface area contributed by atoms with Gasteiger partial charge in [0.25, 0.3) is 11.8 Å². The van der Waals surface area contributed by atoms with Gasteiger partial charge >= 0.3 is 0 Å². The Labute approximate surface area is 183 Å². The fourth-order valence-corrected chi connectivity index (χ4v) is 2.81. The third-order valence-corrected chi connectivity index (χ3v) is 5.02. The first-order valence-corrected chi connectivity index (χ1v) is 10.4. The van der Waals surface area contributed by atoms with Crippen molar-refractivity contribution in [3.8, 4) is 5.75 Å². The van der Waals surface area contributed by atoms with Crippen LogP contribution in [-0.4, -0.2) is 23.5 Å². The molecule has 1 atom stereocenters. The minimum atomic E-state index is -0.418. The molecule has 0 saturated heterocycles. The van der Waals surface area contributed by atoms with E-state index in [9.17, 15) is 9.59 Å². The second-order valence-corrected chi connectivity index (χ2v) is 7.81. The molecule has 0 aliphatic rings. The minimum absolute atomic E-state index is 0.000748. The van der Waals surface area contributed by atoms with E-state index in [-0.39, 0.29) is 17.6 Å². The van der Waals surface area contributed by atoms with E-state index in [1.54, 1.807) is 12.1 Å². The first-order chi connectivity index (χ1) is 14.3. The molecule has 1 unspecified atom stereocenters. The molecule has 2 aromatic carbocycles. The molecule has 160 valence electrons. The number of hydrazine groups is 1. The lowest BCUT2D eigenvalue weighted by molar-refractivity contribution is -0.123. The molecular weight excluding hydrogens is 398 g/mol. The van der Waals surface area contributed by atoms with Crippen LogP contribution in [0.3, 0.4) is 0 Å². The van der Waals surface area contributed by atoms with Gasteiger partial charge in [-0.25, -0.2) is 0 Å². The molecule has 0 aromatic heterocycles. The highest BCUT2D eigenvalue weighted by Crippen LogP contribution is 2.21. The number of hydrogen-bond donors (Lipinski definition) is 3. The number of thiocarbonyl (C=S) groups is 1. The maximum atomic E-state index is 12.2. The number of carbonyl (C=O) groups excluding carboxylic acids is 2. The number of ether oxygens (including phenoxy) is 1. The molecule has 0 aliphatic heterocycles. The van der Waals surface area contributed by atoms with E-state index in [0.717, 1.165) is 12.0 Å². The van der Waals surface area contributed by atoms with Gasteiger partial charge in [0.2, 0.25) is 0 Å². The largest absolute Gasteiger partial charge is 0.484 e. The third-order valence-electron chi connectivity index (χ3n) is 4.81. The summed E-state index contributed by atoms with van der Waals surface area (Å²) in [5.41, 5.74) is 7.77. The molecule has 7 heteroatoms. The van der Waals surface area contributed by atoms with Crippen molar-refractivity contribution in [2.45, 2.75) is 46.0 Å². The van der Waals surface area contributed by atoms with Crippen molar-refractivity contribution in [1.29, 1.82) is 0 Å². The lowest BCUT2D eigenvalue weighted by Gasteiger charge is -2.13. The Morgan fingerprint density at radius 2 is 1.53 bits per heavy atom. The first-order valence-electron chi connectivity index (χ1n) is 10.0. The first kappa shape index (κ1) is 23.3. The fourth-order valence-electron chi connectivity index (χ4n) is 2.67. The summed E-state index contributed by atoms with van der Waals surface area (Å²) in [7, 11) is 0. The second kappa shape index (κ2) is 11.3. The Bertz CT molecular complexity index is 864. The normalized spacial score (nSPS) is 11.5. The number of rotatable bonds is 7. The van der Waals surface area contributed by atoms with Crippen molar-refractivity contribution in [3.05, 3.63) is 65.2 Å². The number of nitrogens with one attached hydrogen (secondary N) is 3. The van der Waals surface area contributed by atoms with Gasteiger partial charge in [-0.15, -0.1) is 0 Å². The highest BCUT2D eigenvalue weighted by molar-refractivity contribution is 7.80. The van der Waals surface area contributed by atoms with Crippen LogP contribution in [0.4, 0.5) is 0 Å². The summed E-state index contributed by atoms with van der Waals surface area (Å²) in [6.07, 6.45) is 1.06. The van der Waals surface area contributed by atoms with E-state index in [4.69, 9.17) is 17.0 Å². The second-order valence-electron chi connectivity index (χ2n) is 7.40. The SMILES string of the molecule is CCC(C)c1ccc(OCC(=O)NNC(=S)NC(=O)c2ccc(C(C)C)cc2)cc1. The summed E-state index contributed by atoms with van der Waals surface area (Å²) in [4.78, 5) is 24.1. The van der Waals surface area contributed by atoms with Gasteiger partial charge in [-0.1, -0.05) is 52.0 Å².